The Morgan fingerprint density at radius 2 is 0.511 bits per heavy atom. The number of carbonyl (C=O) groups excluding carboxylic acids is 6. The Labute approximate surface area is 302 Å². The van der Waals surface area contributed by atoms with Crippen molar-refractivity contribution < 1.29 is 61.9 Å². The van der Waals surface area contributed by atoms with Gasteiger partial charge in [-0.2, -0.15) is 70.6 Å². The molecular formula is C28H46O13S6. The summed E-state index contributed by atoms with van der Waals surface area (Å²) in [4.78, 5) is 74.1. The molecule has 0 heterocycles. The number of esters is 6. The first-order valence-corrected chi connectivity index (χ1v) is 22.3. The lowest BCUT2D eigenvalue weighted by Gasteiger charge is -2.35. The van der Waals surface area contributed by atoms with Crippen molar-refractivity contribution in [3.05, 3.63) is 0 Å². The van der Waals surface area contributed by atoms with E-state index in [1.54, 1.807) is 37.5 Å². The van der Waals surface area contributed by atoms with Crippen molar-refractivity contribution in [2.24, 2.45) is 10.8 Å². The van der Waals surface area contributed by atoms with Crippen LogP contribution in [0.3, 0.4) is 0 Å². The molecule has 19 heteroatoms. The molecule has 0 spiro atoms. The Hall–Kier alpha value is -1.12. The molecule has 0 bridgehead atoms. The van der Waals surface area contributed by atoms with Crippen molar-refractivity contribution in [2.75, 3.05) is 125 Å². The van der Waals surface area contributed by atoms with Crippen LogP contribution >= 0.6 is 70.6 Å². The summed E-state index contributed by atoms with van der Waals surface area (Å²) in [5.41, 5.74) is -2.69. The first-order chi connectivity index (χ1) is 22.4. The van der Waals surface area contributed by atoms with Crippen LogP contribution in [0.15, 0.2) is 0 Å². The molecule has 0 aromatic rings. The third-order valence-corrected chi connectivity index (χ3v) is 8.77. The Morgan fingerprint density at radius 3 is 0.660 bits per heavy atom. The summed E-state index contributed by atoms with van der Waals surface area (Å²) >= 11 is 7.52. The summed E-state index contributed by atoms with van der Waals surface area (Å²) in [5, 5.41) is 0. The third kappa shape index (κ3) is 22.3. The minimum Gasteiger partial charge on any atom is -0.464 e. The van der Waals surface area contributed by atoms with Crippen LogP contribution in [0.4, 0.5) is 0 Å². The molecule has 0 saturated carbocycles. The van der Waals surface area contributed by atoms with Gasteiger partial charge >= 0.3 is 35.8 Å². The predicted octanol–water partition coefficient (Wildman–Crippen LogP) is 2.41. The summed E-state index contributed by atoms with van der Waals surface area (Å²) in [6.07, 6.45) is 10.4. The van der Waals surface area contributed by atoms with E-state index in [0.717, 1.165) is 0 Å². The molecule has 0 fully saturated rings. The zero-order chi connectivity index (χ0) is 35.6. The molecule has 0 aliphatic rings. The van der Waals surface area contributed by atoms with Crippen molar-refractivity contribution in [2.45, 2.75) is 0 Å². The minimum absolute atomic E-state index is 0.0583. The SMILES string of the molecule is CSCC(=O)OCC(COCC(COC(=O)CSC)(COC(=O)CSC)COC(=O)CSC)(COC(=O)CSC)COC(=O)CSC. The van der Waals surface area contributed by atoms with Crippen LogP contribution in [-0.4, -0.2) is 161 Å². The molecule has 47 heavy (non-hydrogen) atoms. The van der Waals surface area contributed by atoms with E-state index < -0.39 is 46.6 Å². The maximum atomic E-state index is 12.4. The molecule has 0 aliphatic carbocycles. The van der Waals surface area contributed by atoms with Crippen LogP contribution in [-0.2, 0) is 61.9 Å². The van der Waals surface area contributed by atoms with Gasteiger partial charge in [0.25, 0.3) is 0 Å². The Morgan fingerprint density at radius 1 is 0.340 bits per heavy atom. The molecule has 0 aromatic carbocycles. The average molecular weight is 783 g/mol. The first kappa shape index (κ1) is 45.9. The lowest BCUT2D eigenvalue weighted by atomic mass is 9.90. The second kappa shape index (κ2) is 27.7. The number of ether oxygens (including phenoxy) is 7. The summed E-state index contributed by atoms with van der Waals surface area (Å²) in [7, 11) is 0. The highest BCUT2D eigenvalue weighted by Gasteiger charge is 2.41. The fourth-order valence-corrected chi connectivity index (χ4v) is 5.26. The summed E-state index contributed by atoms with van der Waals surface area (Å²) in [6, 6.07) is 0. The van der Waals surface area contributed by atoms with Crippen molar-refractivity contribution in [1.29, 1.82) is 0 Å². The van der Waals surface area contributed by atoms with Gasteiger partial charge in [0.15, 0.2) is 0 Å². The summed E-state index contributed by atoms with van der Waals surface area (Å²) in [5.74, 6) is -2.88. The fourth-order valence-electron chi connectivity index (χ4n) is 3.34. The van der Waals surface area contributed by atoms with E-state index in [9.17, 15) is 28.8 Å². The maximum Gasteiger partial charge on any atom is 0.315 e. The molecule has 0 amide bonds. The monoisotopic (exact) mass is 782 g/mol. The third-order valence-electron chi connectivity index (χ3n) is 5.63. The van der Waals surface area contributed by atoms with E-state index in [-0.39, 0.29) is 87.4 Å². The van der Waals surface area contributed by atoms with Crippen LogP contribution in [0.25, 0.3) is 0 Å². The molecule has 0 unspecified atom stereocenters. The molecule has 13 nitrogen and oxygen atoms in total. The van der Waals surface area contributed by atoms with E-state index in [4.69, 9.17) is 33.2 Å². The maximum absolute atomic E-state index is 12.4. The Balaban J connectivity index is 6.45. The molecule has 272 valence electrons. The van der Waals surface area contributed by atoms with Gasteiger partial charge in [-0.1, -0.05) is 0 Å². The van der Waals surface area contributed by atoms with E-state index in [1.165, 1.54) is 70.6 Å². The Bertz CT molecular complexity index is 785. The zero-order valence-corrected chi connectivity index (χ0v) is 32.6. The van der Waals surface area contributed by atoms with Gasteiger partial charge in [-0.15, -0.1) is 0 Å². The van der Waals surface area contributed by atoms with Crippen molar-refractivity contribution >= 4 is 106 Å². The van der Waals surface area contributed by atoms with Gasteiger partial charge in [-0.25, -0.2) is 0 Å². The van der Waals surface area contributed by atoms with Crippen LogP contribution in [0, 0.1) is 10.8 Å². The number of carbonyl (C=O) groups is 6. The standard InChI is InChI=1S/C28H46O13S6/c1-42-7-21(29)36-15-27(16-37-22(30)8-43-2,17-38-23(31)9-44-3)13-35-14-28(18-39-24(32)10-45-4,19-40-25(33)11-46-5)20-41-26(34)12-47-6/h7-20H2,1-6H3. The van der Waals surface area contributed by atoms with Crippen molar-refractivity contribution in [3.8, 4) is 0 Å². The summed E-state index contributed by atoms with van der Waals surface area (Å²) < 4.78 is 39.0. The zero-order valence-electron chi connectivity index (χ0n) is 27.7. The topological polar surface area (TPSA) is 167 Å². The lowest BCUT2D eigenvalue weighted by Crippen LogP contribution is -2.47. The molecule has 0 rings (SSSR count). The van der Waals surface area contributed by atoms with Crippen LogP contribution in [0.2, 0.25) is 0 Å². The number of rotatable bonds is 28. The van der Waals surface area contributed by atoms with E-state index in [1.807, 2.05) is 0 Å². The number of thioether (sulfide) groups is 6. The van der Waals surface area contributed by atoms with Gasteiger partial charge in [-0.3, -0.25) is 28.8 Å². The number of hydrogen-bond donors (Lipinski definition) is 0. The number of hydrogen-bond acceptors (Lipinski definition) is 19. The van der Waals surface area contributed by atoms with Crippen LogP contribution in [0.5, 0.6) is 0 Å². The summed E-state index contributed by atoms with van der Waals surface area (Å²) in [6.45, 7) is -2.52. The minimum atomic E-state index is -1.34. The largest absolute Gasteiger partial charge is 0.464 e. The predicted molar refractivity (Wildman–Crippen MR) is 192 cm³/mol. The first-order valence-electron chi connectivity index (χ1n) is 13.9. The molecule has 0 aliphatic heterocycles. The van der Waals surface area contributed by atoms with E-state index in [0.29, 0.717) is 0 Å². The molecule has 0 N–H and O–H groups in total. The van der Waals surface area contributed by atoms with Gasteiger partial charge in [0.2, 0.25) is 0 Å². The average Bonchev–Trinajstić information content (AvgIpc) is 3.03. The normalized spacial score (nSPS) is 11.4. The van der Waals surface area contributed by atoms with Gasteiger partial charge in [0.1, 0.15) is 39.6 Å². The van der Waals surface area contributed by atoms with Gasteiger partial charge < -0.3 is 33.2 Å². The smallest absolute Gasteiger partial charge is 0.315 e. The van der Waals surface area contributed by atoms with Crippen LogP contribution < -0.4 is 0 Å². The Kier molecular flexibility index (Phi) is 27.0. The molecular weight excluding hydrogens is 737 g/mol. The lowest BCUT2D eigenvalue weighted by molar-refractivity contribution is -0.172. The molecule has 0 aromatic heterocycles. The van der Waals surface area contributed by atoms with Gasteiger partial charge in [0, 0.05) is 0 Å². The van der Waals surface area contributed by atoms with E-state index in [2.05, 4.69) is 0 Å². The van der Waals surface area contributed by atoms with E-state index >= 15 is 0 Å². The van der Waals surface area contributed by atoms with Gasteiger partial charge in [-0.05, 0) is 37.5 Å². The molecule has 0 saturated heterocycles. The van der Waals surface area contributed by atoms with Crippen molar-refractivity contribution in [3.63, 3.8) is 0 Å². The van der Waals surface area contributed by atoms with Crippen molar-refractivity contribution in [1.82, 2.24) is 0 Å². The highest BCUT2D eigenvalue weighted by Crippen LogP contribution is 2.26. The molecule has 0 radical (unpaired) electrons. The highest BCUT2D eigenvalue weighted by atomic mass is 32.2. The fraction of sp³-hybridized carbons (Fsp3) is 0.786. The van der Waals surface area contributed by atoms with Crippen LogP contribution in [0.1, 0.15) is 0 Å². The quantitative estimate of drug-likeness (QED) is 0.0838. The second-order valence-corrected chi connectivity index (χ2v) is 15.3. The van der Waals surface area contributed by atoms with Gasteiger partial charge in [0.05, 0.1) is 58.6 Å². The highest BCUT2D eigenvalue weighted by molar-refractivity contribution is 8.00. The second-order valence-electron chi connectivity index (χ2n) is 10.1. The molecule has 0 atom stereocenters.